The molecule has 3 rings (SSSR count). The topological polar surface area (TPSA) is 68.1 Å². The van der Waals surface area contributed by atoms with Crippen LogP contribution in [0.3, 0.4) is 0 Å². The van der Waals surface area contributed by atoms with E-state index in [2.05, 4.69) is 10.1 Å². The van der Waals surface area contributed by atoms with E-state index < -0.39 is 0 Å². The van der Waals surface area contributed by atoms with Crippen molar-refractivity contribution < 1.29 is 4.79 Å². The number of amides is 1. The first-order valence-electron chi connectivity index (χ1n) is 8.39. The lowest BCUT2D eigenvalue weighted by Crippen LogP contribution is -2.41. The highest BCUT2D eigenvalue weighted by Gasteiger charge is 2.22. The van der Waals surface area contributed by atoms with E-state index in [1.54, 1.807) is 23.4 Å². The van der Waals surface area contributed by atoms with E-state index in [9.17, 15) is 9.59 Å². The van der Waals surface area contributed by atoms with Crippen molar-refractivity contribution in [2.75, 3.05) is 7.05 Å². The maximum Gasteiger partial charge on any atom is 0.267 e. The lowest BCUT2D eigenvalue weighted by atomic mass is 9.94. The number of carbonyl (C=O) groups is 1. The normalized spacial score (nSPS) is 15.2. The summed E-state index contributed by atoms with van der Waals surface area (Å²) in [4.78, 5) is 30.3. The van der Waals surface area contributed by atoms with Gasteiger partial charge in [0, 0.05) is 37.1 Å². The Labute approximate surface area is 141 Å². The van der Waals surface area contributed by atoms with Crippen LogP contribution < -0.4 is 5.56 Å². The zero-order valence-electron chi connectivity index (χ0n) is 13.9. The van der Waals surface area contributed by atoms with Crippen LogP contribution in [0.1, 0.15) is 32.1 Å². The quantitative estimate of drug-likeness (QED) is 0.863. The minimum atomic E-state index is -0.266. The fourth-order valence-corrected chi connectivity index (χ4v) is 3.15. The smallest absolute Gasteiger partial charge is 0.267 e. The van der Waals surface area contributed by atoms with Crippen LogP contribution in [0.2, 0.25) is 0 Å². The first-order chi connectivity index (χ1) is 11.6. The van der Waals surface area contributed by atoms with E-state index in [4.69, 9.17) is 0 Å². The summed E-state index contributed by atoms with van der Waals surface area (Å²) in [6.07, 6.45) is 9.01. The maximum absolute atomic E-state index is 12.5. The Balaban J connectivity index is 1.76. The molecule has 0 spiro atoms. The Morgan fingerprint density at radius 2 is 1.88 bits per heavy atom. The number of pyridine rings is 1. The van der Waals surface area contributed by atoms with Crippen molar-refractivity contribution >= 4 is 5.91 Å². The molecule has 1 amide bonds. The van der Waals surface area contributed by atoms with Crippen LogP contribution in [0, 0.1) is 0 Å². The summed E-state index contributed by atoms with van der Waals surface area (Å²) in [6, 6.07) is 7.06. The van der Waals surface area contributed by atoms with Crippen molar-refractivity contribution in [3.63, 3.8) is 0 Å². The molecule has 6 heteroatoms. The van der Waals surface area contributed by atoms with Crippen LogP contribution in [0.25, 0.3) is 11.3 Å². The van der Waals surface area contributed by atoms with Gasteiger partial charge in [-0.05, 0) is 31.0 Å². The number of likely N-dealkylation sites (N-methyl/N-ethyl adjacent to an activating group) is 1. The highest BCUT2D eigenvalue weighted by atomic mass is 16.2. The van der Waals surface area contributed by atoms with Crippen molar-refractivity contribution in [2.45, 2.75) is 44.7 Å². The van der Waals surface area contributed by atoms with E-state index >= 15 is 0 Å². The summed E-state index contributed by atoms with van der Waals surface area (Å²) in [7, 11) is 1.83. The molecular formula is C18H22N4O2. The van der Waals surface area contributed by atoms with Gasteiger partial charge in [-0.15, -0.1) is 0 Å². The predicted molar refractivity (Wildman–Crippen MR) is 91.4 cm³/mol. The number of hydrogen-bond donors (Lipinski definition) is 0. The molecule has 126 valence electrons. The third-order valence-electron chi connectivity index (χ3n) is 4.64. The molecular weight excluding hydrogens is 304 g/mol. The second-order valence-corrected chi connectivity index (χ2v) is 6.25. The minimum absolute atomic E-state index is 0.0231. The first-order valence-corrected chi connectivity index (χ1v) is 8.39. The Bertz CT molecular complexity index is 751. The number of hydrogen-bond acceptors (Lipinski definition) is 4. The molecule has 1 fully saturated rings. The number of aromatic nitrogens is 3. The molecule has 6 nitrogen and oxygen atoms in total. The molecule has 0 aromatic carbocycles. The summed E-state index contributed by atoms with van der Waals surface area (Å²) in [5.74, 6) is -0.0663. The van der Waals surface area contributed by atoms with Crippen LogP contribution in [-0.2, 0) is 11.3 Å². The van der Waals surface area contributed by atoms with Gasteiger partial charge in [-0.25, -0.2) is 4.68 Å². The molecule has 0 aliphatic heterocycles. The van der Waals surface area contributed by atoms with Gasteiger partial charge in [0.1, 0.15) is 6.54 Å². The lowest BCUT2D eigenvalue weighted by molar-refractivity contribution is -0.133. The second kappa shape index (κ2) is 7.38. The highest BCUT2D eigenvalue weighted by molar-refractivity contribution is 5.76. The molecule has 0 bridgehead atoms. The Hall–Kier alpha value is -2.50. The predicted octanol–water partition coefficient (Wildman–Crippen LogP) is 2.10. The Morgan fingerprint density at radius 3 is 2.58 bits per heavy atom. The average Bonchev–Trinajstić information content (AvgIpc) is 2.64. The number of rotatable bonds is 4. The lowest BCUT2D eigenvalue weighted by Gasteiger charge is -2.31. The van der Waals surface area contributed by atoms with E-state index in [1.807, 2.05) is 19.2 Å². The minimum Gasteiger partial charge on any atom is -0.341 e. The molecule has 1 aliphatic carbocycles. The van der Waals surface area contributed by atoms with Gasteiger partial charge in [0.25, 0.3) is 5.56 Å². The molecule has 1 aliphatic rings. The van der Waals surface area contributed by atoms with Gasteiger partial charge >= 0.3 is 0 Å². The maximum atomic E-state index is 12.5. The van der Waals surface area contributed by atoms with Gasteiger partial charge in [-0.1, -0.05) is 19.3 Å². The standard InChI is InChI=1S/C18H22N4O2/c1-21(15-5-3-2-4-6-15)18(24)13-22-17(23)8-7-16(20-22)14-9-11-19-12-10-14/h7-12,15H,2-6,13H2,1H3. The number of carbonyl (C=O) groups excluding carboxylic acids is 1. The molecule has 0 radical (unpaired) electrons. The van der Waals surface area contributed by atoms with Crippen LogP contribution >= 0.6 is 0 Å². The van der Waals surface area contributed by atoms with Gasteiger partial charge < -0.3 is 4.90 Å². The van der Waals surface area contributed by atoms with Gasteiger partial charge in [0.15, 0.2) is 0 Å². The first kappa shape index (κ1) is 16.4. The largest absolute Gasteiger partial charge is 0.341 e. The van der Waals surface area contributed by atoms with E-state index in [-0.39, 0.29) is 24.1 Å². The van der Waals surface area contributed by atoms with Gasteiger partial charge in [-0.3, -0.25) is 14.6 Å². The molecule has 2 aromatic heterocycles. The van der Waals surface area contributed by atoms with Gasteiger partial charge in [0.2, 0.25) is 5.91 Å². The SMILES string of the molecule is CN(C(=O)Cn1nc(-c2ccncc2)ccc1=O)C1CCCCC1. The molecule has 0 saturated heterocycles. The summed E-state index contributed by atoms with van der Waals surface area (Å²) >= 11 is 0. The molecule has 24 heavy (non-hydrogen) atoms. The molecule has 2 heterocycles. The van der Waals surface area contributed by atoms with Crippen LogP contribution in [0.4, 0.5) is 0 Å². The summed E-state index contributed by atoms with van der Waals surface area (Å²) in [6.45, 7) is -0.0231. The van der Waals surface area contributed by atoms with E-state index in [0.717, 1.165) is 31.2 Å². The van der Waals surface area contributed by atoms with E-state index in [1.165, 1.54) is 17.2 Å². The summed E-state index contributed by atoms with van der Waals surface area (Å²) in [5.41, 5.74) is 1.26. The van der Waals surface area contributed by atoms with Crippen LogP contribution in [0.15, 0.2) is 41.5 Å². The van der Waals surface area contributed by atoms with Crippen molar-refractivity contribution in [1.29, 1.82) is 0 Å². The monoisotopic (exact) mass is 326 g/mol. The van der Waals surface area contributed by atoms with Crippen LogP contribution in [-0.4, -0.2) is 38.7 Å². The average molecular weight is 326 g/mol. The Morgan fingerprint density at radius 1 is 1.17 bits per heavy atom. The number of nitrogens with zero attached hydrogens (tertiary/aromatic N) is 4. The summed E-state index contributed by atoms with van der Waals surface area (Å²) < 4.78 is 1.25. The van der Waals surface area contributed by atoms with Gasteiger partial charge in [-0.2, -0.15) is 5.10 Å². The van der Waals surface area contributed by atoms with E-state index in [0.29, 0.717) is 5.69 Å². The molecule has 2 aromatic rings. The van der Waals surface area contributed by atoms with Crippen molar-refractivity contribution in [3.8, 4) is 11.3 Å². The molecule has 1 saturated carbocycles. The Kier molecular flexibility index (Phi) is 5.03. The third kappa shape index (κ3) is 3.69. The third-order valence-corrected chi connectivity index (χ3v) is 4.64. The zero-order chi connectivity index (χ0) is 16.9. The fourth-order valence-electron chi connectivity index (χ4n) is 3.15. The fraction of sp³-hybridized carbons (Fsp3) is 0.444. The molecule has 0 unspecified atom stereocenters. The van der Waals surface area contributed by atoms with Crippen molar-refractivity contribution in [3.05, 3.63) is 47.0 Å². The highest BCUT2D eigenvalue weighted by Crippen LogP contribution is 2.21. The molecule has 0 atom stereocenters. The zero-order valence-corrected chi connectivity index (χ0v) is 13.9. The second-order valence-electron chi connectivity index (χ2n) is 6.25. The van der Waals surface area contributed by atoms with Crippen molar-refractivity contribution in [1.82, 2.24) is 19.7 Å². The van der Waals surface area contributed by atoms with Crippen molar-refractivity contribution in [2.24, 2.45) is 0 Å². The molecule has 0 N–H and O–H groups in total. The van der Waals surface area contributed by atoms with Crippen LogP contribution in [0.5, 0.6) is 0 Å². The summed E-state index contributed by atoms with van der Waals surface area (Å²) in [5, 5.41) is 4.34. The van der Waals surface area contributed by atoms with Gasteiger partial charge in [0.05, 0.1) is 5.69 Å².